The van der Waals surface area contributed by atoms with Gasteiger partial charge in [0.05, 0.1) is 0 Å². The van der Waals surface area contributed by atoms with Crippen LogP contribution in [-0.4, -0.2) is 34.9 Å². The predicted octanol–water partition coefficient (Wildman–Crippen LogP) is -0.0201. The summed E-state index contributed by atoms with van der Waals surface area (Å²) in [6, 6.07) is 0.526. The highest BCUT2D eigenvalue weighted by atomic mass is 16.6. The van der Waals surface area contributed by atoms with Crippen LogP contribution in [0.3, 0.4) is 0 Å². The van der Waals surface area contributed by atoms with Gasteiger partial charge in [0.1, 0.15) is 6.07 Å². The highest BCUT2D eigenvalue weighted by Gasteiger charge is 2.39. The first-order valence-electron chi connectivity index (χ1n) is 4.28. The Balaban J connectivity index is 2.67. The number of hydrogen-bond donors (Lipinski definition) is 0. The van der Waals surface area contributed by atoms with E-state index in [2.05, 4.69) is 20.0 Å². The van der Waals surface area contributed by atoms with Crippen LogP contribution in [0, 0.1) is 30.3 Å². The molecule has 14 heteroatoms. The van der Waals surface area contributed by atoms with E-state index in [-0.39, 0.29) is 0 Å². The van der Waals surface area contributed by atoms with Gasteiger partial charge in [-0.15, -0.1) is 4.63 Å². The van der Waals surface area contributed by atoms with Crippen LogP contribution in [0.25, 0.3) is 5.82 Å². The number of nitro groups is 3. The lowest BCUT2D eigenvalue weighted by Crippen LogP contribution is -2.05. The van der Waals surface area contributed by atoms with Crippen LogP contribution in [0.5, 0.6) is 0 Å². The lowest BCUT2D eigenvalue weighted by atomic mass is 10.5. The molecule has 0 N–H and O–H groups in total. The van der Waals surface area contributed by atoms with Gasteiger partial charge in [-0.25, -0.2) is 0 Å². The Bertz CT molecular complexity index is 686. The second-order valence-corrected chi connectivity index (χ2v) is 2.96. The van der Waals surface area contributed by atoms with Crippen LogP contribution in [0.15, 0.2) is 10.7 Å². The molecule has 0 aliphatic carbocycles. The minimum absolute atomic E-state index is 0.298. The molecule has 0 fully saturated rings. The Hall–Kier alpha value is -3.45. The molecule has 0 unspecified atom stereocenters. The summed E-state index contributed by atoms with van der Waals surface area (Å²) < 4.78 is 4.37. The fraction of sp³-hybridized carbons (Fsp3) is 0. The van der Waals surface area contributed by atoms with Gasteiger partial charge in [-0.2, -0.15) is 0 Å². The number of aromatic nitrogens is 4. The van der Waals surface area contributed by atoms with Crippen molar-refractivity contribution in [2.75, 3.05) is 0 Å². The van der Waals surface area contributed by atoms with Gasteiger partial charge in [0, 0.05) is 9.84 Å². The molecule has 0 bridgehead atoms. The summed E-state index contributed by atoms with van der Waals surface area (Å²) in [5.41, 5.74) is 0. The van der Waals surface area contributed by atoms with Crippen LogP contribution in [0.1, 0.15) is 0 Å². The highest BCUT2D eigenvalue weighted by molar-refractivity contribution is 5.45. The minimum Gasteiger partial charge on any atom is -0.358 e. The van der Waals surface area contributed by atoms with Crippen LogP contribution in [0.2, 0.25) is 0 Å². The third-order valence-corrected chi connectivity index (χ3v) is 1.88. The van der Waals surface area contributed by atoms with E-state index in [0.717, 1.165) is 0 Å². The summed E-state index contributed by atoms with van der Waals surface area (Å²) in [5.74, 6) is -3.44. The van der Waals surface area contributed by atoms with Crippen LogP contribution in [-0.2, 0) is 0 Å². The van der Waals surface area contributed by atoms with E-state index >= 15 is 0 Å². The van der Waals surface area contributed by atoms with E-state index in [1.807, 2.05) is 0 Å². The summed E-state index contributed by atoms with van der Waals surface area (Å²) in [5, 5.41) is 41.0. The Labute approximate surface area is 100 Å². The Morgan fingerprint density at radius 1 is 1.05 bits per heavy atom. The van der Waals surface area contributed by atoms with E-state index in [4.69, 9.17) is 0 Å². The quantitative estimate of drug-likeness (QED) is 0.539. The van der Waals surface area contributed by atoms with Crippen molar-refractivity contribution in [3.05, 3.63) is 36.4 Å². The zero-order chi connectivity index (χ0) is 14.2. The van der Waals surface area contributed by atoms with E-state index in [1.165, 1.54) is 0 Å². The molecule has 0 amide bonds. The van der Waals surface area contributed by atoms with Gasteiger partial charge in [-0.05, 0) is 14.8 Å². The first-order chi connectivity index (χ1) is 8.91. The molecule has 0 radical (unpaired) electrons. The molecule has 0 atom stereocenters. The summed E-state index contributed by atoms with van der Waals surface area (Å²) in [4.78, 5) is 28.7. The molecule has 2 heterocycles. The second kappa shape index (κ2) is 4.09. The van der Waals surface area contributed by atoms with Gasteiger partial charge < -0.3 is 30.3 Å². The number of rotatable bonds is 4. The molecule has 2 rings (SSSR count). The molecule has 98 valence electrons. The maximum absolute atomic E-state index is 10.7. The van der Waals surface area contributed by atoms with Crippen LogP contribution < -0.4 is 0 Å². The largest absolute Gasteiger partial charge is 0.487 e. The monoisotopic (exact) mass is 271 g/mol. The number of nitrogens with zero attached hydrogens (tertiary/aromatic N) is 7. The molecular formula is C5HN7O7. The maximum Gasteiger partial charge on any atom is 0.487 e. The van der Waals surface area contributed by atoms with Crippen molar-refractivity contribution in [2.24, 2.45) is 0 Å². The van der Waals surface area contributed by atoms with Gasteiger partial charge in [-0.1, -0.05) is 0 Å². The average Bonchev–Trinajstić information content (AvgIpc) is 2.95. The Kier molecular flexibility index (Phi) is 2.59. The second-order valence-electron chi connectivity index (χ2n) is 2.96. The molecule has 14 nitrogen and oxygen atoms in total. The third-order valence-electron chi connectivity index (χ3n) is 1.88. The van der Waals surface area contributed by atoms with Gasteiger partial charge in [0.2, 0.25) is 0 Å². The smallest absolute Gasteiger partial charge is 0.358 e. The lowest BCUT2D eigenvalue weighted by Gasteiger charge is -1.89. The molecule has 2 aromatic heterocycles. The van der Waals surface area contributed by atoms with Crippen LogP contribution in [0.4, 0.5) is 17.5 Å². The number of hydrogen-bond acceptors (Lipinski definition) is 10. The van der Waals surface area contributed by atoms with Crippen molar-refractivity contribution in [3.63, 3.8) is 0 Å². The van der Waals surface area contributed by atoms with Gasteiger partial charge in [0.25, 0.3) is 0 Å². The van der Waals surface area contributed by atoms with Gasteiger partial charge in [0.15, 0.2) is 10.3 Å². The minimum atomic E-state index is -1.02. The van der Waals surface area contributed by atoms with Crippen molar-refractivity contribution in [1.29, 1.82) is 0 Å². The molecule has 0 aromatic carbocycles. The molecule has 0 aliphatic rings. The SMILES string of the molecule is O=[N+]([O-])c1cc([N+](=O)[O-])n(-c2nonc2[N+](=O)[O-])n1. The maximum atomic E-state index is 10.7. The molecule has 19 heavy (non-hydrogen) atoms. The molecule has 0 aliphatic heterocycles. The molecule has 0 saturated carbocycles. The first-order valence-corrected chi connectivity index (χ1v) is 4.28. The molecule has 0 spiro atoms. The van der Waals surface area contributed by atoms with Gasteiger partial charge in [-0.3, -0.25) is 0 Å². The summed E-state index contributed by atoms with van der Waals surface area (Å²) in [6.45, 7) is 0. The van der Waals surface area contributed by atoms with Crippen molar-refractivity contribution < 1.29 is 19.4 Å². The van der Waals surface area contributed by atoms with E-state index in [0.29, 0.717) is 10.7 Å². The average molecular weight is 271 g/mol. The summed E-state index contributed by atoms with van der Waals surface area (Å²) in [7, 11) is 0. The molecule has 0 saturated heterocycles. The zero-order valence-electron chi connectivity index (χ0n) is 8.57. The van der Waals surface area contributed by atoms with Crippen molar-refractivity contribution in [2.45, 2.75) is 0 Å². The lowest BCUT2D eigenvalue weighted by molar-refractivity contribution is -0.396. The highest BCUT2D eigenvalue weighted by Crippen LogP contribution is 2.26. The van der Waals surface area contributed by atoms with Crippen LogP contribution >= 0.6 is 0 Å². The normalized spacial score (nSPS) is 10.3. The van der Waals surface area contributed by atoms with Gasteiger partial charge >= 0.3 is 23.3 Å². The molecule has 2 aromatic rings. The van der Waals surface area contributed by atoms with Crippen molar-refractivity contribution >= 4 is 17.5 Å². The Morgan fingerprint density at radius 3 is 2.26 bits per heavy atom. The predicted molar refractivity (Wildman–Crippen MR) is 51.4 cm³/mol. The van der Waals surface area contributed by atoms with E-state index < -0.39 is 38.0 Å². The third kappa shape index (κ3) is 1.92. The fourth-order valence-corrected chi connectivity index (χ4v) is 1.16. The van der Waals surface area contributed by atoms with E-state index in [9.17, 15) is 30.3 Å². The topological polar surface area (TPSA) is 186 Å². The fourth-order valence-electron chi connectivity index (χ4n) is 1.16. The zero-order valence-corrected chi connectivity index (χ0v) is 8.57. The van der Waals surface area contributed by atoms with Crippen molar-refractivity contribution in [1.82, 2.24) is 20.1 Å². The first kappa shape index (κ1) is 12.0. The Morgan fingerprint density at radius 2 is 1.74 bits per heavy atom. The summed E-state index contributed by atoms with van der Waals surface area (Å²) in [6.07, 6.45) is 0. The standard InChI is InChI=1S/C5HN7O7/c13-10(14)2-1-3(11(15)16)9(6-2)4-5(12(17)18)8-19-7-4/h1H. The summed E-state index contributed by atoms with van der Waals surface area (Å²) >= 11 is 0. The van der Waals surface area contributed by atoms with Crippen molar-refractivity contribution in [3.8, 4) is 5.82 Å². The molecular weight excluding hydrogens is 270 g/mol. The van der Waals surface area contributed by atoms with E-state index in [1.54, 1.807) is 0 Å².